The average molecular weight is 414 g/mol. The van der Waals surface area contributed by atoms with E-state index in [4.69, 9.17) is 0 Å². The van der Waals surface area contributed by atoms with Crippen molar-refractivity contribution in [2.75, 3.05) is 45.6 Å². The molecule has 0 amide bonds. The number of anilines is 1. The number of benzene rings is 1. The first-order chi connectivity index (χ1) is 12.9. The lowest BCUT2D eigenvalue weighted by Gasteiger charge is -2.30. The molecule has 2 N–H and O–H groups in total. The molecule has 0 aliphatic carbocycles. The van der Waals surface area contributed by atoms with Crippen LogP contribution in [-0.4, -0.2) is 57.9 Å². The Morgan fingerprint density at radius 1 is 1.36 bits per heavy atom. The van der Waals surface area contributed by atoms with Crippen LogP contribution < -0.4 is 10.2 Å². The van der Waals surface area contributed by atoms with E-state index in [0.717, 1.165) is 19.4 Å². The molecule has 2 rings (SSSR count). The molecule has 0 bridgehead atoms. The number of rotatable bonds is 8. The van der Waals surface area contributed by atoms with Gasteiger partial charge in [-0.05, 0) is 30.9 Å². The molecule has 158 valence electrons. The van der Waals surface area contributed by atoms with Crippen molar-refractivity contribution in [1.82, 2.24) is 4.31 Å². The Morgan fingerprint density at radius 3 is 2.61 bits per heavy atom. The predicted octanol–water partition coefficient (Wildman–Crippen LogP) is 1.60. The van der Waals surface area contributed by atoms with Crippen LogP contribution in [0.1, 0.15) is 33.6 Å². The zero-order chi connectivity index (χ0) is 21.1. The summed E-state index contributed by atoms with van der Waals surface area (Å²) < 4.78 is 27.3. The minimum absolute atomic E-state index is 0.0177. The summed E-state index contributed by atoms with van der Waals surface area (Å²) in [5.74, 6) is 0.292. The van der Waals surface area contributed by atoms with E-state index < -0.39 is 14.9 Å². The Balaban J connectivity index is 2.26. The Labute approximate surface area is 168 Å². The number of piperidine rings is 1. The van der Waals surface area contributed by atoms with Crippen molar-refractivity contribution in [3.05, 3.63) is 28.3 Å². The Hall–Kier alpha value is -1.71. The summed E-state index contributed by atoms with van der Waals surface area (Å²) in [7, 11) is 0.392. The number of quaternary nitrogens is 1. The second kappa shape index (κ2) is 8.75. The van der Waals surface area contributed by atoms with Crippen LogP contribution in [0.3, 0.4) is 0 Å². The second-order valence-corrected chi connectivity index (χ2v) is 10.9. The first-order valence-corrected chi connectivity index (χ1v) is 11.2. The van der Waals surface area contributed by atoms with Crippen LogP contribution in [-0.2, 0) is 10.0 Å². The lowest BCUT2D eigenvalue weighted by molar-refractivity contribution is -0.865. The van der Waals surface area contributed by atoms with Crippen molar-refractivity contribution in [1.29, 1.82) is 0 Å². The maximum atomic E-state index is 12.9. The molecule has 0 unspecified atom stereocenters. The van der Waals surface area contributed by atoms with Gasteiger partial charge in [0.15, 0.2) is 0 Å². The molecule has 1 aromatic carbocycles. The zero-order valence-corrected chi connectivity index (χ0v) is 18.3. The number of nitrogens with one attached hydrogen (secondary N) is 2. The summed E-state index contributed by atoms with van der Waals surface area (Å²) in [6.07, 6.45) is 1.81. The minimum atomic E-state index is -3.73. The third kappa shape index (κ3) is 5.65. The van der Waals surface area contributed by atoms with Gasteiger partial charge in [-0.15, -0.1) is 0 Å². The SMILES string of the molecule is C[C@H]1CCCN(S(=O)(=O)c2ccc(NCC(C)(C)C[NH+](C)C)c([N+](=O)[O-])c2)C1. The molecule has 9 heteroatoms. The van der Waals surface area contributed by atoms with Crippen LogP contribution in [0.15, 0.2) is 23.1 Å². The topological polar surface area (TPSA) is 97.0 Å². The van der Waals surface area contributed by atoms with Crippen LogP contribution in [0.5, 0.6) is 0 Å². The van der Waals surface area contributed by atoms with Crippen LogP contribution in [0, 0.1) is 21.4 Å². The van der Waals surface area contributed by atoms with E-state index in [2.05, 4.69) is 33.3 Å². The maximum Gasteiger partial charge on any atom is 0.293 e. The molecular formula is C19H33N4O4S+. The first-order valence-electron chi connectivity index (χ1n) is 9.74. The van der Waals surface area contributed by atoms with Gasteiger partial charge >= 0.3 is 0 Å². The van der Waals surface area contributed by atoms with E-state index in [-0.39, 0.29) is 16.0 Å². The van der Waals surface area contributed by atoms with Crippen molar-refractivity contribution in [2.45, 2.75) is 38.5 Å². The van der Waals surface area contributed by atoms with Gasteiger partial charge in [-0.2, -0.15) is 4.31 Å². The molecule has 1 heterocycles. The summed E-state index contributed by atoms with van der Waals surface area (Å²) in [4.78, 5) is 12.3. The molecule has 8 nitrogen and oxygen atoms in total. The minimum Gasteiger partial charge on any atom is -0.379 e. The number of nitro groups is 1. The highest BCUT2D eigenvalue weighted by Gasteiger charge is 2.31. The van der Waals surface area contributed by atoms with Gasteiger partial charge in [0.05, 0.1) is 30.5 Å². The molecule has 1 fully saturated rings. The van der Waals surface area contributed by atoms with Crippen LogP contribution in [0.2, 0.25) is 0 Å². The highest BCUT2D eigenvalue weighted by atomic mass is 32.2. The fraction of sp³-hybridized carbons (Fsp3) is 0.684. The van der Waals surface area contributed by atoms with Gasteiger partial charge in [0.25, 0.3) is 5.69 Å². The fourth-order valence-corrected chi connectivity index (χ4v) is 5.46. The average Bonchev–Trinajstić information content (AvgIpc) is 2.58. The highest BCUT2D eigenvalue weighted by Crippen LogP contribution is 2.31. The van der Waals surface area contributed by atoms with Crippen LogP contribution in [0.4, 0.5) is 11.4 Å². The molecule has 1 aliphatic rings. The lowest BCUT2D eigenvalue weighted by atomic mass is 9.93. The first kappa shape index (κ1) is 22.6. The smallest absolute Gasteiger partial charge is 0.293 e. The largest absolute Gasteiger partial charge is 0.379 e. The molecule has 1 saturated heterocycles. The van der Waals surface area contributed by atoms with Gasteiger partial charge in [0.1, 0.15) is 5.69 Å². The zero-order valence-electron chi connectivity index (χ0n) is 17.5. The van der Waals surface area contributed by atoms with Gasteiger partial charge in [-0.25, -0.2) is 8.42 Å². The Kier molecular flexibility index (Phi) is 7.06. The summed E-state index contributed by atoms with van der Waals surface area (Å²) >= 11 is 0. The number of sulfonamides is 1. The van der Waals surface area contributed by atoms with Crippen molar-refractivity contribution in [3.63, 3.8) is 0 Å². The molecule has 0 radical (unpaired) electrons. The van der Waals surface area contributed by atoms with E-state index in [1.165, 1.54) is 27.4 Å². The van der Waals surface area contributed by atoms with Crippen LogP contribution in [0.25, 0.3) is 0 Å². The molecule has 0 spiro atoms. The summed E-state index contributed by atoms with van der Waals surface area (Å²) in [6, 6.07) is 4.16. The van der Waals surface area contributed by atoms with Gasteiger partial charge in [0.2, 0.25) is 10.0 Å². The van der Waals surface area contributed by atoms with Gasteiger partial charge in [0, 0.05) is 31.1 Å². The normalized spacial score (nSPS) is 19.0. The summed E-state index contributed by atoms with van der Waals surface area (Å²) in [6.45, 7) is 8.57. The molecule has 1 atom stereocenters. The fourth-order valence-electron chi connectivity index (χ4n) is 3.84. The van der Waals surface area contributed by atoms with Crippen molar-refractivity contribution < 1.29 is 18.2 Å². The van der Waals surface area contributed by atoms with Gasteiger partial charge in [-0.3, -0.25) is 10.1 Å². The van der Waals surface area contributed by atoms with Gasteiger partial charge in [-0.1, -0.05) is 20.8 Å². The standard InChI is InChI=1S/C19H32N4O4S/c1-15-7-6-10-22(12-15)28(26,27)16-8-9-17(18(11-16)23(24)25)20-13-19(2,3)14-21(4)5/h8-9,11,15,20H,6-7,10,12-14H2,1-5H3/p+1/t15-/m0/s1. The predicted molar refractivity (Wildman–Crippen MR) is 110 cm³/mol. The second-order valence-electron chi connectivity index (χ2n) is 8.95. The quantitative estimate of drug-likeness (QED) is 0.498. The van der Waals surface area contributed by atoms with Gasteiger partial charge < -0.3 is 10.2 Å². The summed E-state index contributed by atoms with van der Waals surface area (Å²) in [5, 5.41) is 14.7. The molecule has 28 heavy (non-hydrogen) atoms. The number of hydrogen-bond acceptors (Lipinski definition) is 5. The van der Waals surface area contributed by atoms with Crippen molar-refractivity contribution in [3.8, 4) is 0 Å². The third-order valence-corrected chi connectivity index (χ3v) is 6.87. The maximum absolute atomic E-state index is 12.9. The lowest BCUT2D eigenvalue weighted by Crippen LogP contribution is -3.07. The van der Waals surface area contributed by atoms with Crippen LogP contribution >= 0.6 is 0 Å². The number of hydrogen-bond donors (Lipinski definition) is 2. The number of nitro benzene ring substituents is 1. The number of nitrogens with zero attached hydrogens (tertiary/aromatic N) is 2. The monoisotopic (exact) mass is 413 g/mol. The highest BCUT2D eigenvalue weighted by molar-refractivity contribution is 7.89. The van der Waals surface area contributed by atoms with E-state index in [9.17, 15) is 18.5 Å². The van der Waals surface area contributed by atoms with E-state index in [0.29, 0.717) is 31.2 Å². The van der Waals surface area contributed by atoms with Crippen molar-refractivity contribution >= 4 is 21.4 Å². The molecule has 0 aromatic heterocycles. The summed E-state index contributed by atoms with van der Waals surface area (Å²) in [5.41, 5.74) is 0.0680. The molecule has 0 saturated carbocycles. The molecule has 1 aromatic rings. The molecule has 1 aliphatic heterocycles. The van der Waals surface area contributed by atoms with Crippen molar-refractivity contribution in [2.24, 2.45) is 11.3 Å². The van der Waals surface area contributed by atoms with E-state index >= 15 is 0 Å². The van der Waals surface area contributed by atoms with E-state index in [1.807, 2.05) is 6.92 Å². The molecular weight excluding hydrogens is 380 g/mol. The van der Waals surface area contributed by atoms with E-state index in [1.54, 1.807) is 0 Å². The Morgan fingerprint density at radius 2 is 2.04 bits per heavy atom. The Bertz CT molecular complexity index is 808. The third-order valence-electron chi connectivity index (χ3n) is 5.01.